The van der Waals surface area contributed by atoms with Crippen LogP contribution in [0.4, 0.5) is 5.82 Å². The van der Waals surface area contributed by atoms with E-state index in [1.807, 2.05) is 53.9 Å². The zero-order valence-electron chi connectivity index (χ0n) is 13.3. The number of hydrogen-bond donors (Lipinski definition) is 1. The van der Waals surface area contributed by atoms with Gasteiger partial charge in [0.25, 0.3) is 5.91 Å². The van der Waals surface area contributed by atoms with Gasteiger partial charge in [-0.2, -0.15) is 0 Å². The Labute approximate surface area is 149 Å². The lowest BCUT2D eigenvalue weighted by atomic mass is 10.0. The van der Waals surface area contributed by atoms with Crippen molar-refractivity contribution < 1.29 is 4.79 Å². The van der Waals surface area contributed by atoms with Gasteiger partial charge in [-0.15, -0.1) is 11.3 Å². The van der Waals surface area contributed by atoms with Gasteiger partial charge in [0.2, 0.25) is 0 Å². The Balaban J connectivity index is 1.50. The number of anilines is 1. The molecule has 0 bridgehead atoms. The van der Waals surface area contributed by atoms with E-state index in [0.717, 1.165) is 16.6 Å². The molecule has 122 valence electrons. The van der Waals surface area contributed by atoms with Crippen molar-refractivity contribution in [3.8, 4) is 0 Å². The highest BCUT2D eigenvalue weighted by Crippen LogP contribution is 2.24. The smallest absolute Gasteiger partial charge is 0.256 e. The van der Waals surface area contributed by atoms with Gasteiger partial charge >= 0.3 is 0 Å². The number of fused-ring (bicyclic) bond motifs is 1. The van der Waals surface area contributed by atoms with E-state index in [9.17, 15) is 4.79 Å². The molecule has 0 saturated carbocycles. The summed E-state index contributed by atoms with van der Waals surface area (Å²) in [5.41, 5.74) is 3.03. The quantitative estimate of drug-likeness (QED) is 0.591. The third-order valence-corrected chi connectivity index (χ3v) is 4.78. The summed E-state index contributed by atoms with van der Waals surface area (Å²) >= 11 is 1.52. The summed E-state index contributed by atoms with van der Waals surface area (Å²) in [7, 11) is 0. The minimum Gasteiger partial charge on any atom is -0.306 e. The van der Waals surface area contributed by atoms with Crippen LogP contribution in [0.2, 0.25) is 0 Å². The van der Waals surface area contributed by atoms with E-state index in [-0.39, 0.29) is 5.91 Å². The normalized spacial score (nSPS) is 10.7. The lowest BCUT2D eigenvalue weighted by molar-refractivity contribution is 0.102. The summed E-state index contributed by atoms with van der Waals surface area (Å²) in [4.78, 5) is 21.7. The molecule has 0 fully saturated rings. The van der Waals surface area contributed by atoms with Gasteiger partial charge in [0, 0.05) is 5.56 Å². The minimum absolute atomic E-state index is 0.169. The highest BCUT2D eigenvalue weighted by Gasteiger charge is 2.10. The molecule has 4 aromatic rings. The fraction of sp³-hybridized carbons (Fsp3) is 0.0500. The summed E-state index contributed by atoms with van der Waals surface area (Å²) < 4.78 is 0. The second kappa shape index (κ2) is 6.83. The summed E-state index contributed by atoms with van der Waals surface area (Å²) in [5, 5.41) is 5.67. The summed E-state index contributed by atoms with van der Waals surface area (Å²) in [6, 6.07) is 19.9. The summed E-state index contributed by atoms with van der Waals surface area (Å²) in [6.07, 6.45) is 2.32. The van der Waals surface area contributed by atoms with Crippen molar-refractivity contribution in [3.63, 3.8) is 0 Å². The monoisotopic (exact) mass is 345 g/mol. The van der Waals surface area contributed by atoms with Crippen LogP contribution in [-0.4, -0.2) is 15.9 Å². The van der Waals surface area contributed by atoms with Crippen LogP contribution in [0.3, 0.4) is 0 Å². The van der Waals surface area contributed by atoms with Gasteiger partial charge < -0.3 is 5.32 Å². The number of thiophene rings is 1. The number of carbonyl (C=O) groups excluding carboxylic acids is 1. The van der Waals surface area contributed by atoms with Crippen LogP contribution in [-0.2, 0) is 6.42 Å². The molecule has 2 aromatic carbocycles. The fourth-order valence-corrected chi connectivity index (χ4v) is 3.41. The van der Waals surface area contributed by atoms with Gasteiger partial charge in [0.1, 0.15) is 17.0 Å². The molecule has 5 heteroatoms. The maximum absolute atomic E-state index is 12.5. The molecule has 0 aliphatic heterocycles. The maximum Gasteiger partial charge on any atom is 0.256 e. The van der Waals surface area contributed by atoms with Crippen LogP contribution in [0, 0.1) is 0 Å². The molecule has 2 heterocycles. The molecule has 0 unspecified atom stereocenters. The third kappa shape index (κ3) is 3.41. The highest BCUT2D eigenvalue weighted by molar-refractivity contribution is 7.16. The first-order chi connectivity index (χ1) is 12.3. The number of nitrogens with one attached hydrogen (secondary N) is 1. The standard InChI is InChI=1S/C20H15N3OS/c24-19(23-18-17-10-11-25-20(17)22-13-21-18)16-8-6-15(7-9-16)12-14-4-2-1-3-5-14/h1-11,13H,12H2,(H,21,22,23,24). The first-order valence-electron chi connectivity index (χ1n) is 7.92. The predicted octanol–water partition coefficient (Wildman–Crippen LogP) is 4.53. The molecular weight excluding hydrogens is 330 g/mol. The average Bonchev–Trinajstić information content (AvgIpc) is 3.13. The second-order valence-electron chi connectivity index (χ2n) is 5.68. The SMILES string of the molecule is O=C(Nc1ncnc2sccc12)c1ccc(Cc2ccccc2)cc1. The Morgan fingerprint density at radius 2 is 1.68 bits per heavy atom. The summed E-state index contributed by atoms with van der Waals surface area (Å²) in [5.74, 6) is 0.377. The number of amides is 1. The van der Waals surface area contributed by atoms with Gasteiger partial charge in [-0.05, 0) is 41.1 Å². The van der Waals surface area contributed by atoms with Crippen LogP contribution >= 0.6 is 11.3 Å². The van der Waals surface area contributed by atoms with Crippen LogP contribution in [0.5, 0.6) is 0 Å². The van der Waals surface area contributed by atoms with E-state index in [2.05, 4.69) is 27.4 Å². The zero-order valence-corrected chi connectivity index (χ0v) is 14.2. The Hall–Kier alpha value is -3.05. The van der Waals surface area contributed by atoms with E-state index in [1.54, 1.807) is 0 Å². The molecular formula is C20H15N3OS. The largest absolute Gasteiger partial charge is 0.306 e. The van der Waals surface area contributed by atoms with E-state index >= 15 is 0 Å². The zero-order chi connectivity index (χ0) is 17.1. The Morgan fingerprint density at radius 3 is 2.48 bits per heavy atom. The first-order valence-corrected chi connectivity index (χ1v) is 8.80. The van der Waals surface area contributed by atoms with Crippen molar-refractivity contribution in [3.05, 3.63) is 89.1 Å². The second-order valence-corrected chi connectivity index (χ2v) is 6.57. The Kier molecular flexibility index (Phi) is 4.23. The molecule has 0 radical (unpaired) electrons. The van der Waals surface area contributed by atoms with Crippen molar-refractivity contribution >= 4 is 33.3 Å². The minimum atomic E-state index is -0.169. The van der Waals surface area contributed by atoms with Gasteiger partial charge in [-0.3, -0.25) is 4.79 Å². The van der Waals surface area contributed by atoms with Crippen molar-refractivity contribution in [2.75, 3.05) is 5.32 Å². The third-order valence-electron chi connectivity index (χ3n) is 3.96. The maximum atomic E-state index is 12.5. The number of hydrogen-bond acceptors (Lipinski definition) is 4. The van der Waals surface area contributed by atoms with E-state index in [1.165, 1.54) is 28.8 Å². The van der Waals surface area contributed by atoms with Gasteiger partial charge in [-0.25, -0.2) is 9.97 Å². The van der Waals surface area contributed by atoms with Gasteiger partial charge in [-0.1, -0.05) is 42.5 Å². The molecule has 2 aromatic heterocycles. The van der Waals surface area contributed by atoms with E-state index in [0.29, 0.717) is 11.4 Å². The summed E-state index contributed by atoms with van der Waals surface area (Å²) in [6.45, 7) is 0. The predicted molar refractivity (Wildman–Crippen MR) is 101 cm³/mol. The van der Waals surface area contributed by atoms with Gasteiger partial charge in [0.15, 0.2) is 0 Å². The van der Waals surface area contributed by atoms with Gasteiger partial charge in [0.05, 0.1) is 5.39 Å². The fourth-order valence-electron chi connectivity index (χ4n) is 2.67. The number of benzene rings is 2. The van der Waals surface area contributed by atoms with E-state index < -0.39 is 0 Å². The van der Waals surface area contributed by atoms with Crippen LogP contribution in [0.25, 0.3) is 10.2 Å². The molecule has 0 aliphatic rings. The van der Waals surface area contributed by atoms with Crippen LogP contribution in [0.15, 0.2) is 72.4 Å². The van der Waals surface area contributed by atoms with Crippen molar-refractivity contribution in [2.24, 2.45) is 0 Å². The molecule has 1 N–H and O–H groups in total. The molecule has 1 amide bonds. The average molecular weight is 345 g/mol. The lowest BCUT2D eigenvalue weighted by Crippen LogP contribution is -2.13. The lowest BCUT2D eigenvalue weighted by Gasteiger charge is -2.07. The Bertz CT molecular complexity index is 1010. The number of aromatic nitrogens is 2. The number of nitrogens with zero attached hydrogens (tertiary/aromatic N) is 2. The molecule has 0 spiro atoms. The number of carbonyl (C=O) groups is 1. The number of rotatable bonds is 4. The van der Waals surface area contributed by atoms with Crippen molar-refractivity contribution in [1.82, 2.24) is 9.97 Å². The molecule has 0 saturated heterocycles. The van der Waals surface area contributed by atoms with E-state index in [4.69, 9.17) is 0 Å². The first kappa shape index (κ1) is 15.5. The molecule has 0 atom stereocenters. The van der Waals surface area contributed by atoms with Crippen LogP contribution in [0.1, 0.15) is 21.5 Å². The highest BCUT2D eigenvalue weighted by atomic mass is 32.1. The Morgan fingerprint density at radius 1 is 0.920 bits per heavy atom. The molecule has 4 rings (SSSR count). The molecule has 4 nitrogen and oxygen atoms in total. The van der Waals surface area contributed by atoms with Crippen LogP contribution < -0.4 is 5.32 Å². The van der Waals surface area contributed by atoms with Crippen molar-refractivity contribution in [2.45, 2.75) is 6.42 Å². The van der Waals surface area contributed by atoms with Crippen molar-refractivity contribution in [1.29, 1.82) is 0 Å². The molecule has 25 heavy (non-hydrogen) atoms. The topological polar surface area (TPSA) is 54.9 Å². The molecule has 0 aliphatic carbocycles.